The molecular formula is C45H59NO2S. The van der Waals surface area contributed by atoms with Gasteiger partial charge in [-0.15, -0.1) is 0 Å². The summed E-state index contributed by atoms with van der Waals surface area (Å²) in [6, 6.07) is 25.2. The van der Waals surface area contributed by atoms with E-state index in [0.29, 0.717) is 0 Å². The van der Waals surface area contributed by atoms with Crippen LogP contribution >= 0.6 is 11.3 Å². The largest absolute Gasteiger partial charge is 0.494 e. The number of rotatable bonds is 24. The molecule has 0 aliphatic rings. The number of nitrogens with zero attached hydrogens (tertiary/aromatic N) is 1. The van der Waals surface area contributed by atoms with E-state index in [1.807, 2.05) is 6.20 Å². The Morgan fingerprint density at radius 3 is 1.37 bits per heavy atom. The first-order valence-corrected chi connectivity index (χ1v) is 20.1. The monoisotopic (exact) mass is 677 g/mol. The second-order valence-corrected chi connectivity index (χ2v) is 14.3. The summed E-state index contributed by atoms with van der Waals surface area (Å²) < 4.78 is 12.0. The number of benzene rings is 3. The lowest BCUT2D eigenvalue weighted by molar-refractivity contribution is 0.304. The molecule has 49 heavy (non-hydrogen) atoms. The van der Waals surface area contributed by atoms with Gasteiger partial charge in [0, 0.05) is 16.7 Å². The van der Waals surface area contributed by atoms with Gasteiger partial charge in [-0.05, 0) is 60.4 Å². The first kappa shape index (κ1) is 38.3. The Kier molecular flexibility index (Phi) is 18.5. The molecule has 0 saturated heterocycles. The highest BCUT2D eigenvalue weighted by Crippen LogP contribution is 2.30. The van der Waals surface area contributed by atoms with Crippen LogP contribution in [-0.4, -0.2) is 18.2 Å². The summed E-state index contributed by atoms with van der Waals surface area (Å²) in [5, 5.41) is 1.88. The Hall–Kier alpha value is -3.55. The van der Waals surface area contributed by atoms with Gasteiger partial charge in [0.1, 0.15) is 10.8 Å². The molecule has 0 spiro atoms. The van der Waals surface area contributed by atoms with E-state index in [0.717, 1.165) is 58.6 Å². The van der Waals surface area contributed by atoms with Crippen molar-refractivity contribution >= 4 is 11.3 Å². The lowest BCUT2D eigenvalue weighted by atomic mass is 10.0. The molecule has 3 aromatic carbocycles. The minimum atomic E-state index is 0.772. The first-order chi connectivity index (χ1) is 24.2. The van der Waals surface area contributed by atoms with Crippen LogP contribution in [0.5, 0.6) is 10.8 Å². The summed E-state index contributed by atoms with van der Waals surface area (Å²) >= 11 is 1.62. The molecule has 0 unspecified atom stereocenters. The van der Waals surface area contributed by atoms with Crippen molar-refractivity contribution in [3.63, 3.8) is 0 Å². The van der Waals surface area contributed by atoms with Crippen molar-refractivity contribution in [1.29, 1.82) is 0 Å². The average molecular weight is 678 g/mol. The predicted molar refractivity (Wildman–Crippen MR) is 211 cm³/mol. The maximum absolute atomic E-state index is 6.00. The van der Waals surface area contributed by atoms with Crippen molar-refractivity contribution < 1.29 is 9.47 Å². The highest BCUT2D eigenvalue weighted by atomic mass is 32.1. The molecule has 3 nitrogen and oxygen atoms in total. The lowest BCUT2D eigenvalue weighted by Gasteiger charge is -2.08. The fourth-order valence-corrected chi connectivity index (χ4v) is 6.78. The van der Waals surface area contributed by atoms with E-state index in [2.05, 4.69) is 103 Å². The van der Waals surface area contributed by atoms with Crippen LogP contribution in [-0.2, 0) is 0 Å². The fourth-order valence-electron chi connectivity index (χ4n) is 5.98. The minimum absolute atomic E-state index is 0.772. The number of thiazole rings is 1. The van der Waals surface area contributed by atoms with Crippen LogP contribution < -0.4 is 9.47 Å². The molecule has 262 valence electrons. The van der Waals surface area contributed by atoms with Crippen LogP contribution in [0.3, 0.4) is 0 Å². The molecule has 0 aliphatic carbocycles. The summed E-state index contributed by atoms with van der Waals surface area (Å²) in [4.78, 5) is 4.60. The van der Waals surface area contributed by atoms with Crippen LogP contribution in [0.25, 0.3) is 21.7 Å². The third-order valence-electron chi connectivity index (χ3n) is 9.05. The summed E-state index contributed by atoms with van der Waals surface area (Å²) in [5.41, 5.74) is 5.45. The van der Waals surface area contributed by atoms with E-state index < -0.39 is 0 Å². The van der Waals surface area contributed by atoms with Crippen molar-refractivity contribution in [2.75, 3.05) is 13.2 Å². The zero-order chi connectivity index (χ0) is 34.2. The van der Waals surface area contributed by atoms with Gasteiger partial charge in [0.2, 0.25) is 0 Å². The van der Waals surface area contributed by atoms with Crippen molar-refractivity contribution in [3.8, 4) is 44.4 Å². The smallest absolute Gasteiger partial charge is 0.194 e. The number of ether oxygens (including phenoxy) is 2. The van der Waals surface area contributed by atoms with E-state index in [4.69, 9.17) is 9.47 Å². The van der Waals surface area contributed by atoms with E-state index in [9.17, 15) is 0 Å². The van der Waals surface area contributed by atoms with Gasteiger partial charge in [0.15, 0.2) is 5.06 Å². The van der Waals surface area contributed by atoms with Gasteiger partial charge in [-0.2, -0.15) is 0 Å². The van der Waals surface area contributed by atoms with Crippen LogP contribution in [0.2, 0.25) is 0 Å². The maximum atomic E-state index is 6.00. The third kappa shape index (κ3) is 15.3. The summed E-state index contributed by atoms with van der Waals surface area (Å²) in [6.07, 6.45) is 25.7. The molecule has 1 heterocycles. The Balaban J connectivity index is 1.13. The standard InChI is InChI=1S/C45H59NO2S/c1-3-5-7-9-11-13-14-16-18-20-36-48-44-37-46-45(49-44)42-29-25-39(26-30-42)22-21-38-23-27-40(28-24-38)41-31-33-43(34-32-41)47-35-19-17-15-12-10-8-6-4-2/h23-34,37H,3-20,35-36H2,1-2H3. The third-order valence-corrected chi connectivity index (χ3v) is 10.0. The highest BCUT2D eigenvalue weighted by molar-refractivity contribution is 7.16. The molecule has 0 aliphatic heterocycles. The summed E-state index contributed by atoms with van der Waals surface area (Å²) in [7, 11) is 0. The van der Waals surface area contributed by atoms with Crippen LogP contribution in [0.15, 0.2) is 79.0 Å². The summed E-state index contributed by atoms with van der Waals surface area (Å²) in [6.45, 7) is 6.12. The van der Waals surface area contributed by atoms with Gasteiger partial charge in [0.05, 0.1) is 19.4 Å². The Morgan fingerprint density at radius 1 is 0.469 bits per heavy atom. The van der Waals surface area contributed by atoms with Crippen LogP contribution in [0.1, 0.15) is 141 Å². The van der Waals surface area contributed by atoms with Crippen LogP contribution in [0, 0.1) is 11.8 Å². The average Bonchev–Trinajstić information content (AvgIpc) is 3.62. The molecule has 4 rings (SSSR count). The Bertz CT molecular complexity index is 1480. The second kappa shape index (κ2) is 23.7. The van der Waals surface area contributed by atoms with E-state index in [1.165, 1.54) is 114 Å². The van der Waals surface area contributed by atoms with E-state index in [-0.39, 0.29) is 0 Å². The minimum Gasteiger partial charge on any atom is -0.494 e. The van der Waals surface area contributed by atoms with Crippen molar-refractivity contribution in [2.24, 2.45) is 0 Å². The van der Waals surface area contributed by atoms with Crippen LogP contribution in [0.4, 0.5) is 0 Å². The van der Waals surface area contributed by atoms with Crippen molar-refractivity contribution in [3.05, 3.63) is 90.1 Å². The van der Waals surface area contributed by atoms with Crippen molar-refractivity contribution in [1.82, 2.24) is 4.98 Å². The molecule has 0 fully saturated rings. The molecule has 4 aromatic rings. The molecule has 0 radical (unpaired) electrons. The van der Waals surface area contributed by atoms with Gasteiger partial charge < -0.3 is 9.47 Å². The maximum Gasteiger partial charge on any atom is 0.194 e. The molecule has 0 saturated carbocycles. The number of hydrogen-bond acceptors (Lipinski definition) is 4. The van der Waals surface area contributed by atoms with Gasteiger partial charge >= 0.3 is 0 Å². The molecule has 0 atom stereocenters. The molecule has 0 amide bonds. The van der Waals surface area contributed by atoms with E-state index in [1.54, 1.807) is 11.3 Å². The number of unbranched alkanes of at least 4 members (excludes halogenated alkanes) is 16. The Labute approximate surface area is 301 Å². The fraction of sp³-hybridized carbons (Fsp3) is 0.489. The normalized spacial score (nSPS) is 10.9. The van der Waals surface area contributed by atoms with Gasteiger partial charge in [-0.25, -0.2) is 4.98 Å². The highest BCUT2D eigenvalue weighted by Gasteiger charge is 2.06. The van der Waals surface area contributed by atoms with Gasteiger partial charge in [-0.3, -0.25) is 0 Å². The second-order valence-electron chi connectivity index (χ2n) is 13.3. The molecular weight excluding hydrogens is 619 g/mol. The SMILES string of the molecule is CCCCCCCCCCCCOc1cnc(-c2ccc(C#Cc3ccc(-c4ccc(OCCCCCCCCCC)cc4)cc3)cc2)s1. The molecule has 0 N–H and O–H groups in total. The number of hydrogen-bond donors (Lipinski definition) is 0. The topological polar surface area (TPSA) is 31.4 Å². The van der Waals surface area contributed by atoms with Gasteiger partial charge in [0.25, 0.3) is 0 Å². The summed E-state index contributed by atoms with van der Waals surface area (Å²) in [5.74, 6) is 7.57. The predicted octanol–water partition coefficient (Wildman–Crippen LogP) is 13.7. The van der Waals surface area contributed by atoms with Crippen molar-refractivity contribution in [2.45, 2.75) is 129 Å². The quantitative estimate of drug-likeness (QED) is 0.0546. The van der Waals surface area contributed by atoms with Gasteiger partial charge in [-0.1, -0.05) is 176 Å². The molecule has 0 bridgehead atoms. The molecule has 4 heteroatoms. The zero-order valence-corrected chi connectivity index (χ0v) is 31.1. The Morgan fingerprint density at radius 2 is 0.878 bits per heavy atom. The zero-order valence-electron chi connectivity index (χ0n) is 30.3. The first-order valence-electron chi connectivity index (χ1n) is 19.3. The molecule has 1 aromatic heterocycles. The lowest BCUT2D eigenvalue weighted by Crippen LogP contribution is -1.97. The van der Waals surface area contributed by atoms with E-state index >= 15 is 0 Å². The number of aromatic nitrogens is 1.